The quantitative estimate of drug-likeness (QED) is 0.600. The van der Waals surface area contributed by atoms with Gasteiger partial charge >= 0.3 is 11.9 Å². The molecule has 0 spiro atoms. The maximum Gasteiger partial charge on any atom is 0.307 e. The van der Waals surface area contributed by atoms with Crippen LogP contribution in [0.4, 0.5) is 0 Å². The fraction of sp³-hybridized carbons (Fsp3) is 0.778. The van der Waals surface area contributed by atoms with Crippen LogP contribution >= 0.6 is 0 Å². The maximum atomic E-state index is 11.0. The van der Waals surface area contributed by atoms with E-state index in [2.05, 4.69) is 0 Å². The minimum Gasteiger partial charge on any atom is -0.481 e. The minimum absolute atomic E-state index is 0.0386. The van der Waals surface area contributed by atoms with Crippen molar-refractivity contribution in [1.82, 2.24) is 0 Å². The van der Waals surface area contributed by atoms with Gasteiger partial charge in [0.25, 0.3) is 0 Å². The van der Waals surface area contributed by atoms with Crippen molar-refractivity contribution in [2.45, 2.75) is 18.6 Å². The largest absolute Gasteiger partial charge is 0.481 e. The van der Waals surface area contributed by atoms with Crippen LogP contribution in [0.3, 0.4) is 0 Å². The summed E-state index contributed by atoms with van der Waals surface area (Å²) < 4.78 is 5.27. The van der Waals surface area contributed by atoms with E-state index in [0.717, 1.165) is 0 Å². The highest BCUT2D eigenvalue weighted by Gasteiger charge is 2.70. The molecule has 3 rings (SSSR count). The Morgan fingerprint density at radius 1 is 1.00 bits per heavy atom. The number of rotatable bonds is 2. The Balaban J connectivity index is 1.95. The van der Waals surface area contributed by atoms with Gasteiger partial charge < -0.3 is 14.9 Å². The van der Waals surface area contributed by atoms with E-state index >= 15 is 0 Å². The van der Waals surface area contributed by atoms with E-state index < -0.39 is 23.8 Å². The Bertz CT molecular complexity index is 295. The predicted molar refractivity (Wildman–Crippen MR) is 42.5 cm³/mol. The molecule has 5 heteroatoms. The summed E-state index contributed by atoms with van der Waals surface area (Å²) >= 11 is 0. The zero-order valence-corrected chi connectivity index (χ0v) is 7.29. The van der Waals surface area contributed by atoms with Gasteiger partial charge in [-0.3, -0.25) is 9.59 Å². The first kappa shape index (κ1) is 8.23. The summed E-state index contributed by atoms with van der Waals surface area (Å²) in [6.07, 6.45) is 0.789. The average molecular weight is 198 g/mol. The van der Waals surface area contributed by atoms with Crippen molar-refractivity contribution in [3.05, 3.63) is 0 Å². The van der Waals surface area contributed by atoms with Crippen LogP contribution in [0.5, 0.6) is 0 Å². The van der Waals surface area contributed by atoms with E-state index in [-0.39, 0.29) is 24.0 Å². The number of hydrogen-bond donors (Lipinski definition) is 2. The number of fused-ring (bicyclic) bond motifs is 5. The topological polar surface area (TPSA) is 87.1 Å². The van der Waals surface area contributed by atoms with Crippen LogP contribution in [0.2, 0.25) is 0 Å². The molecule has 0 aromatic heterocycles. The number of carboxylic acid groups (broad SMARTS) is 2. The van der Waals surface area contributed by atoms with E-state index in [9.17, 15) is 9.59 Å². The summed E-state index contributed by atoms with van der Waals surface area (Å²) in [5.41, 5.74) is 0. The summed E-state index contributed by atoms with van der Waals surface area (Å²) in [7, 11) is 0. The first-order chi connectivity index (χ1) is 6.61. The van der Waals surface area contributed by atoms with Gasteiger partial charge in [0.15, 0.2) is 0 Å². The van der Waals surface area contributed by atoms with E-state index in [1.54, 1.807) is 0 Å². The Kier molecular flexibility index (Phi) is 1.34. The SMILES string of the molecule is O=C(O)[C@@H]1[C@H]2C[C@@H]([C@H]3O[C@H]23)[C@H]1C(=O)O. The summed E-state index contributed by atoms with van der Waals surface area (Å²) in [5, 5.41) is 17.9. The van der Waals surface area contributed by atoms with Gasteiger partial charge in [0.2, 0.25) is 0 Å². The van der Waals surface area contributed by atoms with Crippen LogP contribution in [0.1, 0.15) is 6.42 Å². The molecule has 3 aliphatic rings. The highest BCUT2D eigenvalue weighted by molar-refractivity contribution is 5.82. The molecule has 0 aromatic rings. The van der Waals surface area contributed by atoms with Gasteiger partial charge in [0, 0.05) is 11.8 Å². The van der Waals surface area contributed by atoms with Gasteiger partial charge in [-0.2, -0.15) is 0 Å². The lowest BCUT2D eigenvalue weighted by molar-refractivity contribution is -0.155. The van der Waals surface area contributed by atoms with Crippen molar-refractivity contribution < 1.29 is 24.5 Å². The monoisotopic (exact) mass is 198 g/mol. The standard InChI is InChI=1S/C9H10O5/c10-8(11)4-2-1-3(5(4)9(12)13)7-6(2)14-7/h2-7H,1H2,(H,10,11)(H,12,13)/t2-,3-,4-,5-,6-,7-/m1/s1. The second kappa shape index (κ2) is 2.28. The molecule has 0 radical (unpaired) electrons. The van der Waals surface area contributed by atoms with Gasteiger partial charge in [-0.15, -0.1) is 0 Å². The summed E-state index contributed by atoms with van der Waals surface area (Å²) in [6.45, 7) is 0. The minimum atomic E-state index is -0.987. The van der Waals surface area contributed by atoms with Crippen molar-refractivity contribution in [3.63, 3.8) is 0 Å². The lowest BCUT2D eigenvalue weighted by atomic mass is 9.79. The van der Waals surface area contributed by atoms with E-state index in [4.69, 9.17) is 14.9 Å². The second-order valence-corrected chi connectivity index (χ2v) is 4.36. The zero-order valence-electron chi connectivity index (χ0n) is 7.29. The van der Waals surface area contributed by atoms with Crippen LogP contribution in [-0.4, -0.2) is 34.4 Å². The average Bonchev–Trinajstić information content (AvgIpc) is 2.71. The summed E-state index contributed by atoms with van der Waals surface area (Å²) in [6, 6.07) is 0. The number of ether oxygens (including phenoxy) is 1. The fourth-order valence-electron chi connectivity index (χ4n) is 3.32. The number of carbonyl (C=O) groups is 2. The molecule has 6 atom stereocenters. The molecule has 3 fully saturated rings. The molecule has 1 aliphatic heterocycles. The van der Waals surface area contributed by atoms with Gasteiger partial charge in [0.1, 0.15) is 0 Å². The highest BCUT2D eigenvalue weighted by Crippen LogP contribution is 2.61. The molecule has 2 N–H and O–H groups in total. The number of carboxylic acids is 2. The van der Waals surface area contributed by atoms with Crippen LogP contribution in [0, 0.1) is 23.7 Å². The van der Waals surface area contributed by atoms with E-state index in [0.29, 0.717) is 6.42 Å². The summed E-state index contributed by atoms with van der Waals surface area (Å²) in [5.74, 6) is -3.58. The number of aliphatic carboxylic acids is 2. The molecule has 76 valence electrons. The van der Waals surface area contributed by atoms with Crippen LogP contribution in [-0.2, 0) is 14.3 Å². The molecule has 1 saturated heterocycles. The molecular formula is C9H10O5. The smallest absolute Gasteiger partial charge is 0.307 e. The Hall–Kier alpha value is -1.10. The van der Waals surface area contributed by atoms with Crippen molar-refractivity contribution in [2.75, 3.05) is 0 Å². The highest BCUT2D eigenvalue weighted by atomic mass is 16.6. The molecule has 2 saturated carbocycles. The van der Waals surface area contributed by atoms with Gasteiger partial charge in [-0.1, -0.05) is 0 Å². The van der Waals surface area contributed by atoms with Crippen molar-refractivity contribution in [2.24, 2.45) is 23.7 Å². The molecule has 5 nitrogen and oxygen atoms in total. The third kappa shape index (κ3) is 0.785. The van der Waals surface area contributed by atoms with Crippen LogP contribution < -0.4 is 0 Å². The van der Waals surface area contributed by atoms with Crippen LogP contribution in [0.25, 0.3) is 0 Å². The third-order valence-corrected chi connectivity index (χ3v) is 3.83. The molecule has 14 heavy (non-hydrogen) atoms. The normalized spacial score (nSPS) is 52.9. The molecule has 0 aromatic carbocycles. The van der Waals surface area contributed by atoms with Gasteiger partial charge in [0.05, 0.1) is 24.0 Å². The fourth-order valence-corrected chi connectivity index (χ4v) is 3.32. The molecule has 0 amide bonds. The Labute approximate surface area is 79.7 Å². The number of epoxide rings is 1. The predicted octanol–water partition coefficient (Wildman–Crippen LogP) is -0.195. The Morgan fingerprint density at radius 3 is 1.79 bits per heavy atom. The van der Waals surface area contributed by atoms with Crippen molar-refractivity contribution in [3.8, 4) is 0 Å². The lowest BCUT2D eigenvalue weighted by Gasteiger charge is -2.21. The zero-order chi connectivity index (χ0) is 10.0. The van der Waals surface area contributed by atoms with Gasteiger partial charge in [-0.05, 0) is 6.42 Å². The molecular weight excluding hydrogens is 188 g/mol. The lowest BCUT2D eigenvalue weighted by Crippen LogP contribution is -2.37. The summed E-state index contributed by atoms with van der Waals surface area (Å²) in [4.78, 5) is 21.9. The molecule has 0 unspecified atom stereocenters. The number of hydrogen-bond acceptors (Lipinski definition) is 3. The molecule has 1 heterocycles. The first-order valence-corrected chi connectivity index (χ1v) is 4.72. The van der Waals surface area contributed by atoms with Crippen LogP contribution in [0.15, 0.2) is 0 Å². The maximum absolute atomic E-state index is 11.0. The third-order valence-electron chi connectivity index (χ3n) is 3.83. The Morgan fingerprint density at radius 2 is 1.43 bits per heavy atom. The van der Waals surface area contributed by atoms with E-state index in [1.165, 1.54) is 0 Å². The second-order valence-electron chi connectivity index (χ2n) is 4.36. The molecule has 2 aliphatic carbocycles. The van der Waals surface area contributed by atoms with E-state index in [1.807, 2.05) is 0 Å². The van der Waals surface area contributed by atoms with Crippen molar-refractivity contribution in [1.29, 1.82) is 0 Å². The molecule has 2 bridgehead atoms. The van der Waals surface area contributed by atoms with Crippen molar-refractivity contribution >= 4 is 11.9 Å². The first-order valence-electron chi connectivity index (χ1n) is 4.72. The van der Waals surface area contributed by atoms with Gasteiger partial charge in [-0.25, -0.2) is 0 Å².